The summed E-state index contributed by atoms with van der Waals surface area (Å²) in [5.41, 5.74) is 16.5. The van der Waals surface area contributed by atoms with E-state index in [1.807, 2.05) is 12.1 Å². The summed E-state index contributed by atoms with van der Waals surface area (Å²) in [5.74, 6) is 0. The topological polar surface area (TPSA) is 29.3 Å². The normalized spacial score (nSPS) is 16.0. The van der Waals surface area contributed by atoms with Crippen LogP contribution in [0.25, 0.3) is 17.7 Å². The van der Waals surface area contributed by atoms with Gasteiger partial charge in [-0.1, -0.05) is 78.4 Å². The molecule has 1 aliphatic carbocycles. The predicted molar refractivity (Wildman–Crippen MR) is 133 cm³/mol. The summed E-state index contributed by atoms with van der Waals surface area (Å²) < 4.78 is 0. The molecule has 0 amide bonds. The van der Waals surface area contributed by atoms with Gasteiger partial charge in [0.1, 0.15) is 0 Å². The molecule has 0 atom stereocenters. The number of fused-ring (bicyclic) bond motifs is 2. The summed E-state index contributed by atoms with van der Waals surface area (Å²) >= 11 is 0. The second kappa shape index (κ2) is 8.95. The van der Waals surface area contributed by atoms with Gasteiger partial charge < -0.3 is 10.6 Å². The first-order valence-electron chi connectivity index (χ1n) is 11.4. The van der Waals surface area contributed by atoms with Crippen LogP contribution >= 0.6 is 0 Å². The first kappa shape index (κ1) is 19.8. The minimum absolute atomic E-state index is 0.845. The van der Waals surface area contributed by atoms with Gasteiger partial charge >= 0.3 is 0 Å². The average Bonchev–Trinajstić information content (AvgIpc) is 2.98. The minimum Gasteiger partial charge on any atom is -0.399 e. The lowest BCUT2D eigenvalue weighted by molar-refractivity contribution is 0.254. The molecule has 31 heavy (non-hydrogen) atoms. The molecule has 2 nitrogen and oxygen atoms in total. The molecule has 0 radical (unpaired) electrons. The van der Waals surface area contributed by atoms with Crippen LogP contribution in [0.3, 0.4) is 0 Å². The van der Waals surface area contributed by atoms with E-state index in [9.17, 15) is 0 Å². The van der Waals surface area contributed by atoms with Gasteiger partial charge in [0.25, 0.3) is 0 Å². The molecule has 0 saturated carbocycles. The van der Waals surface area contributed by atoms with Crippen LogP contribution in [0.15, 0.2) is 78.4 Å². The first-order chi connectivity index (χ1) is 15.3. The van der Waals surface area contributed by atoms with E-state index < -0.39 is 0 Å². The van der Waals surface area contributed by atoms with Crippen LogP contribution in [0.4, 0.5) is 5.69 Å². The number of piperidine rings is 1. The Bertz CT molecular complexity index is 1060. The summed E-state index contributed by atoms with van der Waals surface area (Å²) in [7, 11) is 0. The van der Waals surface area contributed by atoms with Gasteiger partial charge in [-0.25, -0.2) is 0 Å². The van der Waals surface area contributed by atoms with E-state index >= 15 is 0 Å². The van der Waals surface area contributed by atoms with Crippen LogP contribution in [-0.4, -0.2) is 24.5 Å². The van der Waals surface area contributed by atoms with Crippen molar-refractivity contribution < 1.29 is 0 Å². The lowest BCUT2D eigenvalue weighted by Gasteiger charge is -2.30. The third-order valence-electron chi connectivity index (χ3n) is 6.64. The monoisotopic (exact) mass is 406 g/mol. The Morgan fingerprint density at radius 1 is 0.710 bits per heavy atom. The highest BCUT2D eigenvalue weighted by atomic mass is 15.1. The average molecular weight is 407 g/mol. The molecule has 0 spiro atoms. The van der Waals surface area contributed by atoms with Crippen molar-refractivity contribution in [3.63, 3.8) is 0 Å². The van der Waals surface area contributed by atoms with E-state index in [0.717, 1.165) is 38.0 Å². The second-order valence-electron chi connectivity index (χ2n) is 8.67. The lowest BCUT2D eigenvalue weighted by atomic mass is 9.86. The van der Waals surface area contributed by atoms with Crippen LogP contribution in [-0.2, 0) is 6.42 Å². The molecule has 2 N–H and O–H groups in total. The fourth-order valence-corrected chi connectivity index (χ4v) is 4.93. The van der Waals surface area contributed by atoms with Crippen LogP contribution in [0.1, 0.15) is 47.1 Å². The second-order valence-corrected chi connectivity index (χ2v) is 8.67. The first-order valence-corrected chi connectivity index (χ1v) is 11.4. The number of hydrogen-bond acceptors (Lipinski definition) is 2. The number of nitrogens with two attached hydrogens (primary N) is 1. The molecule has 1 aliphatic heterocycles. The van der Waals surface area contributed by atoms with Crippen molar-refractivity contribution in [1.82, 2.24) is 4.90 Å². The minimum atomic E-state index is 0.845. The predicted octanol–water partition coefficient (Wildman–Crippen LogP) is 6.28. The van der Waals surface area contributed by atoms with E-state index in [-0.39, 0.29) is 0 Å². The van der Waals surface area contributed by atoms with E-state index in [4.69, 9.17) is 5.73 Å². The molecule has 3 aromatic carbocycles. The molecule has 5 rings (SSSR count). The molecule has 1 heterocycles. The summed E-state index contributed by atoms with van der Waals surface area (Å²) in [6.07, 6.45) is 9.17. The van der Waals surface area contributed by atoms with Crippen LogP contribution in [0.2, 0.25) is 0 Å². The highest BCUT2D eigenvalue weighted by Crippen LogP contribution is 2.38. The number of anilines is 1. The summed E-state index contributed by atoms with van der Waals surface area (Å²) in [6.45, 7) is 3.47. The number of aryl methyl sites for hydroxylation is 1. The van der Waals surface area contributed by atoms with Crippen molar-refractivity contribution in [2.75, 3.05) is 25.4 Å². The Balaban J connectivity index is 1.31. The highest BCUT2D eigenvalue weighted by Gasteiger charge is 2.22. The van der Waals surface area contributed by atoms with Gasteiger partial charge in [-0.2, -0.15) is 0 Å². The van der Waals surface area contributed by atoms with Crippen molar-refractivity contribution in [1.29, 1.82) is 0 Å². The van der Waals surface area contributed by atoms with Gasteiger partial charge in [0.05, 0.1) is 0 Å². The summed E-state index contributed by atoms with van der Waals surface area (Å²) in [6, 6.07) is 26.0. The molecule has 0 unspecified atom stereocenters. The maximum Gasteiger partial charge on any atom is 0.0314 e. The maximum absolute atomic E-state index is 5.80. The Morgan fingerprint density at radius 3 is 1.90 bits per heavy atom. The molecule has 0 bridgehead atoms. The van der Waals surface area contributed by atoms with Crippen molar-refractivity contribution in [2.24, 2.45) is 0 Å². The number of likely N-dealkylation sites (tertiary alicyclic amines) is 1. The zero-order valence-electron chi connectivity index (χ0n) is 18.1. The van der Waals surface area contributed by atoms with Crippen molar-refractivity contribution in [3.8, 4) is 0 Å². The third kappa shape index (κ3) is 4.35. The smallest absolute Gasteiger partial charge is 0.0314 e. The Labute approximate surface area is 185 Å². The van der Waals surface area contributed by atoms with Gasteiger partial charge in [0.15, 0.2) is 0 Å². The van der Waals surface area contributed by atoms with Gasteiger partial charge in [-0.05, 0) is 77.8 Å². The molecule has 3 aromatic rings. The zero-order chi connectivity index (χ0) is 21.0. The number of rotatable bonds is 4. The van der Waals surface area contributed by atoms with E-state index in [1.54, 1.807) is 5.57 Å². The number of nitrogen functional groups attached to an aromatic ring is 1. The maximum atomic E-state index is 5.80. The van der Waals surface area contributed by atoms with Crippen LogP contribution in [0.5, 0.6) is 0 Å². The standard InChI is InChI=1S/C29H30N2/c30-26-15-11-22(12-16-26)6-5-19-31-20-17-25(18-21-31)29-27-9-3-1-7-23(27)13-14-24-8-2-4-10-28(24)29/h1-4,7-16H,5-6,17-21,30H2. The van der Waals surface area contributed by atoms with Gasteiger partial charge in [-0.3, -0.25) is 0 Å². The molecular formula is C29H30N2. The molecule has 0 aromatic heterocycles. The molecule has 1 fully saturated rings. The largest absolute Gasteiger partial charge is 0.399 e. The Hall–Kier alpha value is -3.10. The highest BCUT2D eigenvalue weighted by molar-refractivity contribution is 5.94. The van der Waals surface area contributed by atoms with Gasteiger partial charge in [-0.15, -0.1) is 0 Å². The molecule has 2 heteroatoms. The fourth-order valence-electron chi connectivity index (χ4n) is 4.93. The summed E-state index contributed by atoms with van der Waals surface area (Å²) in [5, 5.41) is 0. The number of nitrogens with zero attached hydrogens (tertiary/aromatic N) is 1. The third-order valence-corrected chi connectivity index (χ3v) is 6.64. The van der Waals surface area contributed by atoms with Gasteiger partial charge in [0, 0.05) is 18.8 Å². The molecule has 2 aliphatic rings. The number of hydrogen-bond donors (Lipinski definition) is 1. The quantitative estimate of drug-likeness (QED) is 0.404. The fraction of sp³-hybridized carbons (Fsp3) is 0.241. The van der Waals surface area contributed by atoms with E-state index in [2.05, 4.69) is 77.7 Å². The Morgan fingerprint density at radius 2 is 1.29 bits per heavy atom. The van der Waals surface area contributed by atoms with Crippen LogP contribution < -0.4 is 5.73 Å². The zero-order valence-corrected chi connectivity index (χ0v) is 18.1. The van der Waals surface area contributed by atoms with Crippen molar-refractivity contribution in [2.45, 2.75) is 25.7 Å². The Kier molecular flexibility index (Phi) is 5.73. The van der Waals surface area contributed by atoms with Gasteiger partial charge in [0.2, 0.25) is 0 Å². The van der Waals surface area contributed by atoms with Crippen molar-refractivity contribution >= 4 is 23.4 Å². The molecule has 156 valence electrons. The lowest BCUT2D eigenvalue weighted by Crippen LogP contribution is -2.32. The number of benzene rings is 3. The van der Waals surface area contributed by atoms with E-state index in [0.29, 0.717) is 0 Å². The molecule has 1 saturated heterocycles. The summed E-state index contributed by atoms with van der Waals surface area (Å²) in [4.78, 5) is 2.63. The SMILES string of the molecule is Nc1ccc(CCCN2CCC(=C3c4ccccc4C=Cc4ccccc43)CC2)cc1. The van der Waals surface area contributed by atoms with Crippen molar-refractivity contribution in [3.05, 3.63) is 106 Å². The van der Waals surface area contributed by atoms with Crippen LogP contribution in [0, 0.1) is 0 Å². The molecular weight excluding hydrogens is 376 g/mol. The van der Waals surface area contributed by atoms with E-state index in [1.165, 1.54) is 46.4 Å².